The number of hydrogen-bond acceptors (Lipinski definition) is 11. The van der Waals surface area contributed by atoms with Gasteiger partial charge in [-0.05, 0) is 6.08 Å². The van der Waals surface area contributed by atoms with Gasteiger partial charge in [-0.25, -0.2) is 0 Å². The monoisotopic (exact) mass is 549 g/mol. The van der Waals surface area contributed by atoms with Crippen LogP contribution in [0.4, 0.5) is 0 Å². The van der Waals surface area contributed by atoms with Crippen molar-refractivity contribution in [2.75, 3.05) is 139 Å². The van der Waals surface area contributed by atoms with Crippen molar-refractivity contribution in [1.82, 2.24) is 5.32 Å². The molecule has 1 amide bonds. The summed E-state index contributed by atoms with van der Waals surface area (Å²) in [4.78, 5) is 10.9. The SMILES string of the molecule is C#CCOCCOCCOCCOCCOCCOCCOCCOCCOCCOCCNC(=O)C=C. The van der Waals surface area contributed by atoms with Gasteiger partial charge in [0.15, 0.2) is 0 Å². The molecule has 0 spiro atoms. The minimum atomic E-state index is -0.209. The lowest BCUT2D eigenvalue weighted by atomic mass is 10.5. The first-order valence-corrected chi connectivity index (χ1v) is 12.9. The second-order valence-corrected chi connectivity index (χ2v) is 7.26. The number of hydrogen-bond donors (Lipinski definition) is 1. The third-order valence-corrected chi connectivity index (χ3v) is 4.26. The predicted octanol–water partition coefficient (Wildman–Crippen LogP) is 0.0878. The van der Waals surface area contributed by atoms with E-state index in [-0.39, 0.29) is 5.91 Å². The van der Waals surface area contributed by atoms with Crippen LogP contribution in [0.2, 0.25) is 0 Å². The van der Waals surface area contributed by atoms with Gasteiger partial charge in [-0.3, -0.25) is 4.79 Å². The van der Waals surface area contributed by atoms with Crippen LogP contribution in [0.25, 0.3) is 0 Å². The van der Waals surface area contributed by atoms with Gasteiger partial charge in [0.1, 0.15) is 6.61 Å². The second kappa shape index (κ2) is 33.4. The van der Waals surface area contributed by atoms with Gasteiger partial charge in [0.05, 0.1) is 126 Å². The average molecular weight is 550 g/mol. The quantitative estimate of drug-likeness (QED) is 0.0698. The highest BCUT2D eigenvalue weighted by molar-refractivity contribution is 5.86. The summed E-state index contributed by atoms with van der Waals surface area (Å²) >= 11 is 0. The van der Waals surface area contributed by atoms with Gasteiger partial charge in [-0.15, -0.1) is 6.42 Å². The van der Waals surface area contributed by atoms with Crippen LogP contribution in [0.3, 0.4) is 0 Å². The van der Waals surface area contributed by atoms with Crippen molar-refractivity contribution in [3.8, 4) is 12.3 Å². The van der Waals surface area contributed by atoms with Gasteiger partial charge < -0.3 is 52.7 Å². The number of ether oxygens (including phenoxy) is 10. The van der Waals surface area contributed by atoms with E-state index in [1.165, 1.54) is 6.08 Å². The summed E-state index contributed by atoms with van der Waals surface area (Å²) in [6.07, 6.45) is 6.29. The molecule has 0 unspecified atom stereocenters. The number of terminal acetylenes is 1. The molecule has 0 saturated heterocycles. The maximum Gasteiger partial charge on any atom is 0.243 e. The summed E-state index contributed by atoms with van der Waals surface area (Å²) in [6.45, 7) is 13.5. The summed E-state index contributed by atoms with van der Waals surface area (Å²) in [6, 6.07) is 0. The van der Waals surface area contributed by atoms with Gasteiger partial charge in [-0.2, -0.15) is 0 Å². The van der Waals surface area contributed by atoms with E-state index in [4.69, 9.17) is 53.8 Å². The van der Waals surface area contributed by atoms with Crippen LogP contribution in [0.5, 0.6) is 0 Å². The third kappa shape index (κ3) is 32.4. The largest absolute Gasteiger partial charge is 0.377 e. The highest BCUT2D eigenvalue weighted by atomic mass is 16.6. The molecule has 0 aliphatic rings. The van der Waals surface area contributed by atoms with Crippen LogP contribution in [-0.4, -0.2) is 145 Å². The van der Waals surface area contributed by atoms with Crippen LogP contribution in [0.15, 0.2) is 12.7 Å². The molecule has 0 radical (unpaired) electrons. The second-order valence-electron chi connectivity index (χ2n) is 7.26. The Morgan fingerprint density at radius 3 is 1.05 bits per heavy atom. The third-order valence-electron chi connectivity index (χ3n) is 4.26. The van der Waals surface area contributed by atoms with Crippen molar-refractivity contribution in [1.29, 1.82) is 0 Å². The van der Waals surface area contributed by atoms with Crippen LogP contribution in [-0.2, 0) is 52.2 Å². The molecular formula is C26H47NO11. The van der Waals surface area contributed by atoms with Crippen molar-refractivity contribution >= 4 is 5.91 Å². The zero-order valence-electron chi connectivity index (χ0n) is 22.7. The molecule has 0 aromatic carbocycles. The maximum atomic E-state index is 10.9. The number of carbonyl (C=O) groups is 1. The number of carbonyl (C=O) groups excluding carboxylic acids is 1. The molecule has 0 saturated carbocycles. The molecule has 0 bridgehead atoms. The molecule has 0 aromatic rings. The first-order chi connectivity index (χ1) is 18.8. The summed E-state index contributed by atoms with van der Waals surface area (Å²) in [5.41, 5.74) is 0. The first kappa shape index (κ1) is 36.4. The Bertz CT molecular complexity index is 546. The molecule has 1 N–H and O–H groups in total. The van der Waals surface area contributed by atoms with E-state index in [1.54, 1.807) is 0 Å². The molecular weight excluding hydrogens is 502 g/mol. The lowest BCUT2D eigenvalue weighted by Crippen LogP contribution is -2.25. The number of nitrogens with one attached hydrogen (secondary N) is 1. The lowest BCUT2D eigenvalue weighted by Gasteiger charge is -2.09. The zero-order valence-corrected chi connectivity index (χ0v) is 22.7. The number of amides is 1. The van der Waals surface area contributed by atoms with Crippen LogP contribution < -0.4 is 5.32 Å². The molecule has 0 heterocycles. The lowest BCUT2D eigenvalue weighted by molar-refractivity contribution is -0.116. The molecule has 0 fully saturated rings. The van der Waals surface area contributed by atoms with E-state index < -0.39 is 0 Å². The topological polar surface area (TPSA) is 121 Å². The normalized spacial score (nSPS) is 10.9. The molecule has 0 aliphatic heterocycles. The van der Waals surface area contributed by atoms with Crippen LogP contribution in [0, 0.1) is 12.3 Å². The van der Waals surface area contributed by atoms with Gasteiger partial charge in [0.25, 0.3) is 0 Å². The zero-order chi connectivity index (χ0) is 27.6. The Kier molecular flexibility index (Phi) is 32.0. The Morgan fingerprint density at radius 2 is 0.789 bits per heavy atom. The molecule has 12 heteroatoms. The maximum absolute atomic E-state index is 10.9. The summed E-state index contributed by atoms with van der Waals surface area (Å²) in [7, 11) is 0. The minimum Gasteiger partial charge on any atom is -0.377 e. The van der Waals surface area contributed by atoms with E-state index >= 15 is 0 Å². The fourth-order valence-corrected chi connectivity index (χ4v) is 2.43. The molecule has 38 heavy (non-hydrogen) atoms. The summed E-state index contributed by atoms with van der Waals surface area (Å²) in [5, 5.41) is 2.62. The fourth-order valence-electron chi connectivity index (χ4n) is 2.43. The Morgan fingerprint density at radius 1 is 0.526 bits per heavy atom. The highest BCUT2D eigenvalue weighted by Crippen LogP contribution is 1.86. The Balaban J connectivity index is 3.04. The Hall–Kier alpha value is -1.63. The Labute approximate surface area is 227 Å². The molecule has 0 aromatic heterocycles. The van der Waals surface area contributed by atoms with Gasteiger partial charge >= 0.3 is 0 Å². The fraction of sp³-hybridized carbons (Fsp3) is 0.808. The van der Waals surface area contributed by atoms with E-state index in [9.17, 15) is 4.79 Å². The smallest absolute Gasteiger partial charge is 0.243 e. The summed E-state index contributed by atoms with van der Waals surface area (Å²) < 4.78 is 53.6. The van der Waals surface area contributed by atoms with E-state index in [2.05, 4.69) is 17.8 Å². The average Bonchev–Trinajstić information content (AvgIpc) is 2.93. The summed E-state index contributed by atoms with van der Waals surface area (Å²) in [5.74, 6) is 2.18. The molecule has 222 valence electrons. The molecule has 12 nitrogen and oxygen atoms in total. The van der Waals surface area contributed by atoms with Crippen molar-refractivity contribution in [2.24, 2.45) is 0 Å². The highest BCUT2D eigenvalue weighted by Gasteiger charge is 1.96. The van der Waals surface area contributed by atoms with Gasteiger partial charge in [-0.1, -0.05) is 12.5 Å². The van der Waals surface area contributed by atoms with Crippen LogP contribution >= 0.6 is 0 Å². The van der Waals surface area contributed by atoms with Gasteiger partial charge in [0, 0.05) is 6.54 Å². The first-order valence-electron chi connectivity index (χ1n) is 12.9. The van der Waals surface area contributed by atoms with E-state index in [1.807, 2.05) is 0 Å². The minimum absolute atomic E-state index is 0.209. The van der Waals surface area contributed by atoms with E-state index in [0.29, 0.717) is 139 Å². The van der Waals surface area contributed by atoms with Crippen molar-refractivity contribution < 1.29 is 52.2 Å². The van der Waals surface area contributed by atoms with E-state index in [0.717, 1.165) is 0 Å². The number of rotatable bonds is 32. The standard InChI is InChI=1S/C26H47NO11/c1-3-6-29-8-10-31-12-14-33-16-18-35-20-22-37-24-25-38-23-21-36-19-17-34-15-13-32-11-9-30-7-5-27-26(28)4-2/h1,4H,2,5-25H2,(H,27,28). The van der Waals surface area contributed by atoms with Crippen molar-refractivity contribution in [3.63, 3.8) is 0 Å². The van der Waals surface area contributed by atoms with Crippen molar-refractivity contribution in [3.05, 3.63) is 12.7 Å². The van der Waals surface area contributed by atoms with Crippen LogP contribution in [0.1, 0.15) is 0 Å². The van der Waals surface area contributed by atoms with Crippen molar-refractivity contribution in [2.45, 2.75) is 0 Å². The molecule has 0 rings (SSSR count). The van der Waals surface area contributed by atoms with Gasteiger partial charge in [0.2, 0.25) is 5.91 Å². The molecule has 0 aliphatic carbocycles. The molecule has 0 atom stereocenters. The predicted molar refractivity (Wildman–Crippen MR) is 140 cm³/mol.